The molecule has 5 heteroatoms. The maximum atomic E-state index is 12.3. The van der Waals surface area contributed by atoms with Gasteiger partial charge >= 0.3 is 11.9 Å². The molecule has 0 aliphatic heterocycles. The number of aliphatic carboxylic acids is 1. The Bertz CT molecular complexity index is 1160. The Kier molecular flexibility index (Phi) is 13.1. The molecule has 0 aliphatic rings. The number of rotatable bonds is 12. The Hall–Kier alpha value is -3.44. The third-order valence-corrected chi connectivity index (χ3v) is 7.09. The van der Waals surface area contributed by atoms with E-state index < -0.39 is 17.5 Å². The molecule has 0 bridgehead atoms. The van der Waals surface area contributed by atoms with Crippen LogP contribution in [0, 0.1) is 11.8 Å². The molecule has 40 heavy (non-hydrogen) atoms. The summed E-state index contributed by atoms with van der Waals surface area (Å²) in [5, 5.41) is 8.85. The third kappa shape index (κ3) is 9.95. The third-order valence-electron chi connectivity index (χ3n) is 7.09. The van der Waals surface area contributed by atoms with E-state index >= 15 is 0 Å². The number of hydrogen-bond acceptors (Lipinski definition) is 4. The SMILES string of the molecule is CC(C)Cc1ccc(C(C)C(=O)O)cc1.CCC(=O)OC(Cc1ccccc1)(c1ccccc1)C(C)CN(C)C. The fraction of sp³-hybridized carbons (Fsp3) is 0.429. The first kappa shape index (κ1) is 32.8. The summed E-state index contributed by atoms with van der Waals surface area (Å²) in [5.41, 5.74) is 3.68. The average molecular weight is 546 g/mol. The second-order valence-corrected chi connectivity index (χ2v) is 11.3. The van der Waals surface area contributed by atoms with Crippen molar-refractivity contribution in [3.05, 3.63) is 107 Å². The van der Waals surface area contributed by atoms with Crippen molar-refractivity contribution in [1.29, 1.82) is 0 Å². The molecule has 0 heterocycles. The number of carbonyl (C=O) groups excluding carboxylic acids is 1. The van der Waals surface area contributed by atoms with Crippen molar-refractivity contribution in [2.75, 3.05) is 20.6 Å². The fourth-order valence-electron chi connectivity index (χ4n) is 4.90. The van der Waals surface area contributed by atoms with Crippen LogP contribution in [-0.2, 0) is 32.8 Å². The number of esters is 1. The smallest absolute Gasteiger partial charge is 0.310 e. The van der Waals surface area contributed by atoms with Crippen LogP contribution in [-0.4, -0.2) is 42.6 Å². The molecular weight excluding hydrogens is 498 g/mol. The van der Waals surface area contributed by atoms with Crippen LogP contribution in [0.1, 0.15) is 69.2 Å². The fourth-order valence-corrected chi connectivity index (χ4v) is 4.90. The molecule has 3 atom stereocenters. The van der Waals surface area contributed by atoms with Gasteiger partial charge in [0.05, 0.1) is 5.92 Å². The maximum Gasteiger partial charge on any atom is 0.310 e. The highest BCUT2D eigenvalue weighted by atomic mass is 16.6. The van der Waals surface area contributed by atoms with Gasteiger partial charge in [0.25, 0.3) is 0 Å². The lowest BCUT2D eigenvalue weighted by atomic mass is 9.77. The Labute approximate surface area is 241 Å². The van der Waals surface area contributed by atoms with Crippen LogP contribution in [0.5, 0.6) is 0 Å². The van der Waals surface area contributed by atoms with Crippen molar-refractivity contribution in [2.45, 2.75) is 65.4 Å². The highest BCUT2D eigenvalue weighted by molar-refractivity contribution is 5.75. The van der Waals surface area contributed by atoms with Gasteiger partial charge in [-0.3, -0.25) is 9.59 Å². The predicted molar refractivity (Wildman–Crippen MR) is 163 cm³/mol. The van der Waals surface area contributed by atoms with Crippen molar-refractivity contribution in [1.82, 2.24) is 4.90 Å². The standard InChI is InChI=1S/C22H29NO2.C13H18O2/c1-5-21(24)25-22(18(2)17-23(3)4,20-14-10-7-11-15-20)16-19-12-8-6-9-13-19;1-9(2)8-11-4-6-12(7-5-11)10(3)13(14)15/h6-15,18H,5,16-17H2,1-4H3;4-7,9-10H,8H2,1-3H3,(H,14,15). The highest BCUT2D eigenvalue weighted by Gasteiger charge is 2.42. The molecule has 0 aliphatic carbocycles. The molecule has 216 valence electrons. The molecule has 0 saturated carbocycles. The number of carbonyl (C=O) groups is 2. The number of hydrogen-bond donors (Lipinski definition) is 1. The van der Waals surface area contributed by atoms with Crippen molar-refractivity contribution in [3.63, 3.8) is 0 Å². The highest BCUT2D eigenvalue weighted by Crippen LogP contribution is 2.38. The Morgan fingerprint density at radius 2 is 1.38 bits per heavy atom. The average Bonchev–Trinajstić information content (AvgIpc) is 2.93. The zero-order valence-corrected chi connectivity index (χ0v) is 25.3. The summed E-state index contributed by atoms with van der Waals surface area (Å²) in [5.74, 6) is -0.580. The van der Waals surface area contributed by atoms with Crippen LogP contribution in [0.3, 0.4) is 0 Å². The minimum absolute atomic E-state index is 0.139. The molecule has 0 saturated heterocycles. The normalized spacial score (nSPS) is 14.0. The first-order valence-corrected chi connectivity index (χ1v) is 14.3. The second-order valence-electron chi connectivity index (χ2n) is 11.3. The lowest BCUT2D eigenvalue weighted by Crippen LogP contribution is -2.44. The number of ether oxygens (including phenoxy) is 1. The molecule has 0 spiro atoms. The van der Waals surface area contributed by atoms with Gasteiger partial charge in [-0.05, 0) is 55.6 Å². The summed E-state index contributed by atoms with van der Waals surface area (Å²) >= 11 is 0. The van der Waals surface area contributed by atoms with Crippen LogP contribution in [0.15, 0.2) is 84.9 Å². The molecule has 0 aromatic heterocycles. The molecule has 3 aromatic rings. The number of carboxylic acid groups (broad SMARTS) is 1. The van der Waals surface area contributed by atoms with Crippen LogP contribution < -0.4 is 0 Å². The molecule has 0 amide bonds. The summed E-state index contributed by atoms with van der Waals surface area (Å²) in [6, 6.07) is 28.3. The summed E-state index contributed by atoms with van der Waals surface area (Å²) in [4.78, 5) is 25.3. The Morgan fingerprint density at radius 3 is 1.85 bits per heavy atom. The van der Waals surface area contributed by atoms with Crippen LogP contribution in [0.25, 0.3) is 0 Å². The largest absolute Gasteiger partial charge is 0.481 e. The molecule has 5 nitrogen and oxygen atoms in total. The van der Waals surface area contributed by atoms with E-state index in [1.165, 1.54) is 11.1 Å². The van der Waals surface area contributed by atoms with Gasteiger partial charge in [-0.15, -0.1) is 0 Å². The molecule has 3 rings (SSSR count). The lowest BCUT2D eigenvalue weighted by molar-refractivity contribution is -0.168. The van der Waals surface area contributed by atoms with E-state index in [0.29, 0.717) is 18.8 Å². The lowest BCUT2D eigenvalue weighted by Gasteiger charge is -2.40. The van der Waals surface area contributed by atoms with E-state index in [4.69, 9.17) is 9.84 Å². The van der Waals surface area contributed by atoms with E-state index in [1.807, 2.05) is 67.6 Å². The monoisotopic (exact) mass is 545 g/mol. The van der Waals surface area contributed by atoms with Crippen molar-refractivity contribution in [2.24, 2.45) is 11.8 Å². The minimum Gasteiger partial charge on any atom is -0.481 e. The van der Waals surface area contributed by atoms with E-state index in [9.17, 15) is 9.59 Å². The van der Waals surface area contributed by atoms with E-state index in [-0.39, 0.29) is 11.9 Å². The Morgan fingerprint density at radius 1 is 0.825 bits per heavy atom. The maximum absolute atomic E-state index is 12.3. The van der Waals surface area contributed by atoms with Crippen molar-refractivity contribution < 1.29 is 19.4 Å². The van der Waals surface area contributed by atoms with Gasteiger partial charge in [-0.2, -0.15) is 0 Å². The number of benzene rings is 3. The van der Waals surface area contributed by atoms with Gasteiger partial charge in [0.1, 0.15) is 5.60 Å². The summed E-state index contributed by atoms with van der Waals surface area (Å²) < 4.78 is 6.17. The van der Waals surface area contributed by atoms with Crippen LogP contribution in [0.2, 0.25) is 0 Å². The quantitative estimate of drug-likeness (QED) is 0.241. The van der Waals surface area contributed by atoms with E-state index in [0.717, 1.165) is 24.1 Å². The van der Waals surface area contributed by atoms with Gasteiger partial charge in [0, 0.05) is 25.3 Å². The van der Waals surface area contributed by atoms with Gasteiger partial charge in [-0.1, -0.05) is 113 Å². The minimum atomic E-state index is -0.772. The van der Waals surface area contributed by atoms with Crippen molar-refractivity contribution in [3.8, 4) is 0 Å². The molecule has 3 aromatic carbocycles. The van der Waals surface area contributed by atoms with Gasteiger partial charge in [0.15, 0.2) is 0 Å². The first-order chi connectivity index (χ1) is 19.0. The zero-order chi connectivity index (χ0) is 29.7. The summed E-state index contributed by atoms with van der Waals surface area (Å²) in [6.45, 7) is 10.9. The number of carboxylic acids is 1. The van der Waals surface area contributed by atoms with Crippen LogP contribution in [0.4, 0.5) is 0 Å². The molecule has 3 unspecified atom stereocenters. The topological polar surface area (TPSA) is 66.8 Å². The van der Waals surface area contributed by atoms with Gasteiger partial charge in [-0.25, -0.2) is 0 Å². The van der Waals surface area contributed by atoms with Crippen molar-refractivity contribution >= 4 is 11.9 Å². The first-order valence-electron chi connectivity index (χ1n) is 14.3. The molecule has 1 N–H and O–H groups in total. The second kappa shape index (κ2) is 16.0. The Balaban J connectivity index is 0.000000319. The van der Waals surface area contributed by atoms with E-state index in [2.05, 4.69) is 64.0 Å². The molecule has 0 fully saturated rings. The van der Waals surface area contributed by atoms with Crippen LogP contribution >= 0.6 is 0 Å². The predicted octanol–water partition coefficient (Wildman–Crippen LogP) is 7.35. The summed E-state index contributed by atoms with van der Waals surface area (Å²) in [6.07, 6.45) is 2.08. The molecular formula is C35H47NO4. The molecule has 0 radical (unpaired) electrons. The summed E-state index contributed by atoms with van der Waals surface area (Å²) in [7, 11) is 4.10. The number of nitrogens with zero attached hydrogens (tertiary/aromatic N) is 1. The van der Waals surface area contributed by atoms with Gasteiger partial charge < -0.3 is 14.7 Å². The zero-order valence-electron chi connectivity index (χ0n) is 25.3. The van der Waals surface area contributed by atoms with Gasteiger partial charge in [0.2, 0.25) is 0 Å². The van der Waals surface area contributed by atoms with E-state index in [1.54, 1.807) is 6.92 Å².